The smallest absolute Gasteiger partial charge is 0.408 e. The van der Waals surface area contributed by atoms with Crippen molar-refractivity contribution < 1.29 is 4.42 Å². The Labute approximate surface area is 99.0 Å². The second-order valence-corrected chi connectivity index (χ2v) is 4.86. The first kappa shape index (κ1) is 10.4. The number of anilines is 1. The maximum atomic E-state index is 11.8. The first-order valence-corrected chi connectivity index (χ1v) is 6.13. The summed E-state index contributed by atoms with van der Waals surface area (Å²) < 4.78 is 6.96. The molecule has 3 rings (SSSR count). The molecule has 0 spiro atoms. The Morgan fingerprint density at radius 2 is 2.12 bits per heavy atom. The lowest BCUT2D eigenvalue weighted by atomic mass is 10.1. The lowest BCUT2D eigenvalue weighted by molar-refractivity contribution is 0.423. The number of benzene rings is 1. The molecule has 1 aromatic heterocycles. The zero-order valence-corrected chi connectivity index (χ0v) is 9.69. The van der Waals surface area contributed by atoms with Gasteiger partial charge >= 0.3 is 5.76 Å². The summed E-state index contributed by atoms with van der Waals surface area (Å²) in [6, 6.07) is 5.38. The number of fused-ring (bicyclic) bond motifs is 1. The van der Waals surface area contributed by atoms with Crippen molar-refractivity contribution in [3.05, 3.63) is 28.7 Å². The molecule has 1 heterocycles. The number of aromatic nitrogens is 1. The molecule has 0 saturated heterocycles. The van der Waals surface area contributed by atoms with Gasteiger partial charge in [0.1, 0.15) is 0 Å². The van der Waals surface area contributed by atoms with E-state index in [1.165, 1.54) is 25.7 Å². The number of hydrogen-bond acceptors (Lipinski definition) is 3. The molecule has 4 nitrogen and oxygen atoms in total. The van der Waals surface area contributed by atoms with E-state index in [0.717, 1.165) is 12.1 Å². The Morgan fingerprint density at radius 3 is 2.88 bits per heavy atom. The van der Waals surface area contributed by atoms with E-state index in [2.05, 4.69) is 0 Å². The van der Waals surface area contributed by atoms with Gasteiger partial charge < -0.3 is 10.2 Å². The molecule has 0 radical (unpaired) electrons. The van der Waals surface area contributed by atoms with Crippen molar-refractivity contribution in [2.24, 2.45) is 5.92 Å². The van der Waals surface area contributed by atoms with Gasteiger partial charge in [0, 0.05) is 18.3 Å². The van der Waals surface area contributed by atoms with Gasteiger partial charge in [0.05, 0.1) is 5.52 Å². The van der Waals surface area contributed by atoms with E-state index in [1.54, 1.807) is 10.6 Å². The van der Waals surface area contributed by atoms with Crippen molar-refractivity contribution >= 4 is 16.8 Å². The van der Waals surface area contributed by atoms with Crippen molar-refractivity contribution in [2.45, 2.75) is 32.2 Å². The maximum absolute atomic E-state index is 11.8. The summed E-state index contributed by atoms with van der Waals surface area (Å²) in [5.41, 5.74) is 7.75. The third-order valence-corrected chi connectivity index (χ3v) is 3.61. The van der Waals surface area contributed by atoms with Crippen LogP contribution in [0.15, 0.2) is 27.4 Å². The largest absolute Gasteiger partial charge is 0.419 e. The van der Waals surface area contributed by atoms with E-state index in [0.29, 0.717) is 17.2 Å². The van der Waals surface area contributed by atoms with E-state index in [9.17, 15) is 4.79 Å². The maximum Gasteiger partial charge on any atom is 0.419 e. The Morgan fingerprint density at radius 1 is 1.35 bits per heavy atom. The van der Waals surface area contributed by atoms with Crippen LogP contribution in [-0.4, -0.2) is 4.57 Å². The molecule has 0 unspecified atom stereocenters. The average molecular weight is 232 g/mol. The number of nitrogens with zero attached hydrogens (tertiary/aromatic N) is 1. The first-order chi connectivity index (χ1) is 8.24. The van der Waals surface area contributed by atoms with Gasteiger partial charge in [-0.3, -0.25) is 4.57 Å². The van der Waals surface area contributed by atoms with Crippen LogP contribution in [0.2, 0.25) is 0 Å². The molecule has 0 atom stereocenters. The van der Waals surface area contributed by atoms with Crippen LogP contribution >= 0.6 is 0 Å². The lowest BCUT2D eigenvalue weighted by Crippen LogP contribution is -2.18. The molecule has 90 valence electrons. The Hall–Kier alpha value is -1.71. The van der Waals surface area contributed by atoms with Gasteiger partial charge in [-0.05, 0) is 30.9 Å². The van der Waals surface area contributed by atoms with Gasteiger partial charge in [-0.25, -0.2) is 4.79 Å². The highest BCUT2D eigenvalue weighted by Gasteiger charge is 2.18. The summed E-state index contributed by atoms with van der Waals surface area (Å²) in [4.78, 5) is 11.8. The third-order valence-electron chi connectivity index (χ3n) is 3.61. The van der Waals surface area contributed by atoms with Gasteiger partial charge in [-0.2, -0.15) is 0 Å². The third kappa shape index (κ3) is 1.84. The second kappa shape index (κ2) is 3.95. The van der Waals surface area contributed by atoms with Crippen molar-refractivity contribution in [3.63, 3.8) is 0 Å². The summed E-state index contributed by atoms with van der Waals surface area (Å²) in [5, 5.41) is 0. The standard InChI is InChI=1S/C13H16N2O2/c14-10-5-6-11-12(7-10)17-13(16)15(11)8-9-3-1-2-4-9/h5-7,9H,1-4,8,14H2. The Kier molecular flexibility index (Phi) is 2.42. The molecule has 2 N–H and O–H groups in total. The van der Waals surface area contributed by atoms with E-state index in [4.69, 9.17) is 10.2 Å². The summed E-state index contributed by atoms with van der Waals surface area (Å²) >= 11 is 0. The minimum atomic E-state index is -0.266. The summed E-state index contributed by atoms with van der Waals surface area (Å²) in [6.45, 7) is 0.774. The van der Waals surface area contributed by atoms with E-state index < -0.39 is 0 Å². The molecule has 1 aliphatic rings. The number of nitrogen functional groups attached to an aromatic ring is 1. The topological polar surface area (TPSA) is 61.2 Å². The average Bonchev–Trinajstić information content (AvgIpc) is 2.88. The zero-order chi connectivity index (χ0) is 11.8. The Balaban J connectivity index is 2.02. The predicted octanol–water partition coefficient (Wildman–Crippen LogP) is 2.37. The second-order valence-electron chi connectivity index (χ2n) is 4.86. The van der Waals surface area contributed by atoms with Gasteiger partial charge in [-0.1, -0.05) is 12.8 Å². The summed E-state index contributed by atoms with van der Waals surface area (Å²) in [6.07, 6.45) is 4.99. The molecule has 1 aromatic carbocycles. The van der Waals surface area contributed by atoms with Crippen LogP contribution in [0.4, 0.5) is 5.69 Å². The first-order valence-electron chi connectivity index (χ1n) is 6.13. The molecule has 1 saturated carbocycles. The van der Waals surface area contributed by atoms with E-state index in [-0.39, 0.29) is 5.76 Å². The highest BCUT2D eigenvalue weighted by atomic mass is 16.4. The molecule has 17 heavy (non-hydrogen) atoms. The van der Waals surface area contributed by atoms with Gasteiger partial charge in [-0.15, -0.1) is 0 Å². The SMILES string of the molecule is Nc1ccc2c(c1)oc(=O)n2CC1CCCC1. The molecular weight excluding hydrogens is 216 g/mol. The fourth-order valence-corrected chi connectivity index (χ4v) is 2.71. The van der Waals surface area contributed by atoms with Crippen molar-refractivity contribution in [1.29, 1.82) is 0 Å². The molecular formula is C13H16N2O2. The molecule has 0 bridgehead atoms. The highest BCUT2D eigenvalue weighted by molar-refractivity contribution is 5.76. The quantitative estimate of drug-likeness (QED) is 0.808. The van der Waals surface area contributed by atoms with Crippen LogP contribution in [0, 0.1) is 5.92 Å². The van der Waals surface area contributed by atoms with Crippen LogP contribution in [0.5, 0.6) is 0 Å². The van der Waals surface area contributed by atoms with E-state index >= 15 is 0 Å². The summed E-state index contributed by atoms with van der Waals surface area (Å²) in [7, 11) is 0. The minimum absolute atomic E-state index is 0.266. The predicted molar refractivity (Wildman–Crippen MR) is 66.8 cm³/mol. The van der Waals surface area contributed by atoms with Crippen molar-refractivity contribution in [1.82, 2.24) is 4.57 Å². The molecule has 4 heteroatoms. The van der Waals surface area contributed by atoms with E-state index in [1.807, 2.05) is 12.1 Å². The van der Waals surface area contributed by atoms with Crippen molar-refractivity contribution in [2.75, 3.05) is 5.73 Å². The molecule has 1 fully saturated rings. The van der Waals surface area contributed by atoms with Gasteiger partial charge in [0.2, 0.25) is 0 Å². The van der Waals surface area contributed by atoms with Gasteiger partial charge in [0.25, 0.3) is 0 Å². The molecule has 1 aliphatic carbocycles. The number of oxazole rings is 1. The monoisotopic (exact) mass is 232 g/mol. The minimum Gasteiger partial charge on any atom is -0.408 e. The van der Waals surface area contributed by atoms with Crippen LogP contribution in [0.25, 0.3) is 11.1 Å². The van der Waals surface area contributed by atoms with Crippen LogP contribution in [0.1, 0.15) is 25.7 Å². The fraction of sp³-hybridized carbons (Fsp3) is 0.462. The zero-order valence-electron chi connectivity index (χ0n) is 9.69. The number of hydrogen-bond donors (Lipinski definition) is 1. The number of rotatable bonds is 2. The van der Waals surface area contributed by atoms with Crippen LogP contribution in [0.3, 0.4) is 0 Å². The van der Waals surface area contributed by atoms with Crippen LogP contribution < -0.4 is 11.5 Å². The van der Waals surface area contributed by atoms with Gasteiger partial charge in [0.15, 0.2) is 5.58 Å². The molecule has 2 aromatic rings. The number of nitrogens with two attached hydrogens (primary N) is 1. The Bertz CT molecular complexity index is 591. The lowest BCUT2D eigenvalue weighted by Gasteiger charge is -2.08. The molecule has 0 aliphatic heterocycles. The van der Waals surface area contributed by atoms with Crippen LogP contribution in [-0.2, 0) is 6.54 Å². The van der Waals surface area contributed by atoms with Crippen molar-refractivity contribution in [3.8, 4) is 0 Å². The normalized spacial score (nSPS) is 16.9. The fourth-order valence-electron chi connectivity index (χ4n) is 2.71. The summed E-state index contributed by atoms with van der Waals surface area (Å²) in [5.74, 6) is 0.351. The molecule has 0 amide bonds. The highest BCUT2D eigenvalue weighted by Crippen LogP contribution is 2.27.